The van der Waals surface area contributed by atoms with Gasteiger partial charge in [-0.3, -0.25) is 0 Å². The number of halogens is 1. The summed E-state index contributed by atoms with van der Waals surface area (Å²) in [6.45, 7) is 7.07. The number of fused-ring (bicyclic) bond motifs is 1. The molecule has 9 heteroatoms. The van der Waals surface area contributed by atoms with E-state index >= 15 is 0 Å². The number of carbonyl (C=O) groups is 1. The van der Waals surface area contributed by atoms with E-state index in [4.69, 9.17) is 9.84 Å². The monoisotopic (exact) mass is 508 g/mol. The summed E-state index contributed by atoms with van der Waals surface area (Å²) >= 11 is 1.38. The number of nitrogens with zero attached hydrogens (tertiary/aromatic N) is 2. The van der Waals surface area contributed by atoms with E-state index < -0.39 is 22.8 Å². The zero-order chi connectivity index (χ0) is 25.3. The number of aliphatic carboxylic acids is 1. The van der Waals surface area contributed by atoms with E-state index in [1.54, 1.807) is 6.07 Å². The second-order valence-electron chi connectivity index (χ2n) is 7.66. The molecule has 1 aliphatic rings. The van der Waals surface area contributed by atoms with Gasteiger partial charge in [-0.15, -0.1) is 11.8 Å². The number of benzene rings is 2. The summed E-state index contributed by atoms with van der Waals surface area (Å²) < 4.78 is 33.9. The Kier molecular flexibility index (Phi) is 11.1. The molecule has 0 amide bonds. The van der Waals surface area contributed by atoms with Gasteiger partial charge >= 0.3 is 5.97 Å². The highest BCUT2D eigenvalue weighted by Gasteiger charge is 2.32. The van der Waals surface area contributed by atoms with E-state index in [1.165, 1.54) is 24.6 Å². The van der Waals surface area contributed by atoms with E-state index in [0.29, 0.717) is 22.6 Å². The molecule has 3 rings (SSSR count). The third-order valence-corrected chi connectivity index (χ3v) is 7.71. The van der Waals surface area contributed by atoms with Gasteiger partial charge in [-0.2, -0.15) is 4.39 Å². The van der Waals surface area contributed by atoms with Crippen molar-refractivity contribution in [2.45, 2.75) is 55.9 Å². The highest BCUT2D eigenvalue weighted by atomic mass is 32.2. The number of carboxylic acids is 1. The fourth-order valence-electron chi connectivity index (χ4n) is 3.25. The Hall–Kier alpha value is -2.36. The molecular weight excluding hydrogens is 475 g/mol. The van der Waals surface area contributed by atoms with Gasteiger partial charge in [0.15, 0.2) is 0 Å². The molecule has 186 valence electrons. The lowest BCUT2D eigenvalue weighted by molar-refractivity contribution is -0.134. The Balaban J connectivity index is 0.000000945. The summed E-state index contributed by atoms with van der Waals surface area (Å²) in [5.74, 6) is -2.87. The molecule has 0 saturated heterocycles. The molecule has 2 aromatic carbocycles. The first kappa shape index (κ1) is 27.9. The van der Waals surface area contributed by atoms with Crippen molar-refractivity contribution in [1.29, 1.82) is 0 Å². The Labute approximate surface area is 208 Å². The second kappa shape index (κ2) is 13.5. The van der Waals surface area contributed by atoms with Crippen LogP contribution < -0.4 is 9.64 Å². The van der Waals surface area contributed by atoms with Crippen molar-refractivity contribution in [3.05, 3.63) is 54.6 Å². The van der Waals surface area contributed by atoms with E-state index in [2.05, 4.69) is 25.7 Å². The van der Waals surface area contributed by atoms with E-state index in [1.807, 2.05) is 54.0 Å². The maximum Gasteiger partial charge on any atom is 0.368 e. The fourth-order valence-corrected chi connectivity index (χ4v) is 5.14. The molecule has 0 fully saturated rings. The molecule has 6 nitrogen and oxygen atoms in total. The molecular formula is C25H33FN2O4S2. The van der Waals surface area contributed by atoms with Crippen LogP contribution >= 0.6 is 11.8 Å². The fraction of sp³-hybridized carbons (Fsp3) is 0.400. The Bertz CT molecular complexity index is 1020. The standard InChI is InChI=1S/C21H23FN2O4S2.C4H10/c1-4-14-12-24(15-8-6-5-7-9-15)17-10-19(29-3)18(28-13-16(22)21(25)26)11-20(17)30(27)23(14)2;1-3-4-2/h5-11,13-14H,4,12H2,1-3H3,(H,25,26);3-4H2,1-2H3/b16-13-;/t14-,30?;/m0./s1. The largest absolute Gasteiger partial charge is 0.476 e. The quantitative estimate of drug-likeness (QED) is 0.266. The summed E-state index contributed by atoms with van der Waals surface area (Å²) in [4.78, 5) is 14.1. The van der Waals surface area contributed by atoms with Crippen molar-refractivity contribution in [3.63, 3.8) is 0 Å². The second-order valence-corrected chi connectivity index (χ2v) is 10.0. The maximum atomic E-state index is 13.4. The molecule has 2 aromatic rings. The molecule has 0 radical (unpaired) electrons. The lowest BCUT2D eigenvalue weighted by Gasteiger charge is -2.29. The predicted molar refractivity (Wildman–Crippen MR) is 138 cm³/mol. The summed E-state index contributed by atoms with van der Waals surface area (Å²) in [5.41, 5.74) is 1.75. The predicted octanol–water partition coefficient (Wildman–Crippen LogP) is 6.37. The maximum absolute atomic E-state index is 13.4. The number of hydrogen-bond acceptors (Lipinski definition) is 5. The molecule has 0 bridgehead atoms. The number of likely N-dealkylation sites (N-methyl/N-ethyl adjacent to an activating group) is 1. The molecule has 0 aromatic heterocycles. The van der Waals surface area contributed by atoms with Crippen LogP contribution in [0.4, 0.5) is 15.8 Å². The van der Waals surface area contributed by atoms with E-state index in [-0.39, 0.29) is 11.8 Å². The third kappa shape index (κ3) is 6.84. The summed E-state index contributed by atoms with van der Waals surface area (Å²) in [6.07, 6.45) is 5.84. The van der Waals surface area contributed by atoms with E-state index in [0.717, 1.165) is 17.8 Å². The van der Waals surface area contributed by atoms with E-state index in [9.17, 15) is 13.4 Å². The van der Waals surface area contributed by atoms with Gasteiger partial charge in [0.2, 0.25) is 5.83 Å². The topological polar surface area (TPSA) is 70.1 Å². The van der Waals surface area contributed by atoms with Crippen molar-refractivity contribution in [2.24, 2.45) is 0 Å². The SMILES string of the molecule is CCCC.CC[C@H]1CN(c2ccccc2)c2cc(SC)c(O/C=C(\F)C(=O)O)cc2S(=O)N1C. The molecule has 34 heavy (non-hydrogen) atoms. The summed E-state index contributed by atoms with van der Waals surface area (Å²) in [6, 6.07) is 13.4. The lowest BCUT2D eigenvalue weighted by atomic mass is 10.1. The first-order valence-corrected chi connectivity index (χ1v) is 13.6. The molecule has 0 aliphatic carbocycles. The van der Waals surface area contributed by atoms with Crippen molar-refractivity contribution in [3.8, 4) is 5.75 Å². The molecule has 1 heterocycles. The molecule has 1 aliphatic heterocycles. The summed E-state index contributed by atoms with van der Waals surface area (Å²) in [7, 11) is 0.341. The van der Waals surface area contributed by atoms with Crippen molar-refractivity contribution < 1.29 is 23.2 Å². The van der Waals surface area contributed by atoms with Crippen LogP contribution in [0.2, 0.25) is 0 Å². The molecule has 0 saturated carbocycles. The Morgan fingerprint density at radius 3 is 2.41 bits per heavy atom. The van der Waals surface area contributed by atoms with Crippen LogP contribution in [-0.2, 0) is 15.8 Å². The Morgan fingerprint density at radius 1 is 1.24 bits per heavy atom. The molecule has 2 atom stereocenters. The number of carboxylic acid groups (broad SMARTS) is 1. The minimum Gasteiger partial charge on any atom is -0.476 e. The van der Waals surface area contributed by atoms with Gasteiger partial charge in [0.25, 0.3) is 0 Å². The number of anilines is 2. The Morgan fingerprint density at radius 2 is 1.88 bits per heavy atom. The first-order chi connectivity index (χ1) is 16.3. The molecule has 1 N–H and O–H groups in total. The van der Waals surface area contributed by atoms with Gasteiger partial charge in [0.05, 0.1) is 15.5 Å². The smallest absolute Gasteiger partial charge is 0.368 e. The van der Waals surface area contributed by atoms with Gasteiger partial charge in [0.1, 0.15) is 23.0 Å². The highest BCUT2D eigenvalue weighted by molar-refractivity contribution is 7.98. The normalized spacial score (nSPS) is 18.4. The van der Waals surface area contributed by atoms with Crippen molar-refractivity contribution >= 4 is 40.1 Å². The van der Waals surface area contributed by atoms with Gasteiger partial charge < -0.3 is 14.7 Å². The number of ether oxygens (including phenoxy) is 1. The zero-order valence-corrected chi connectivity index (χ0v) is 21.9. The van der Waals surface area contributed by atoms with Gasteiger partial charge in [0, 0.05) is 31.4 Å². The molecule has 0 spiro atoms. The summed E-state index contributed by atoms with van der Waals surface area (Å²) in [5, 5.41) is 8.72. The number of para-hydroxylation sites is 1. The minimum atomic E-state index is -1.71. The van der Waals surface area contributed by atoms with Gasteiger partial charge in [-0.05, 0) is 30.9 Å². The van der Waals surface area contributed by atoms with Crippen molar-refractivity contribution in [2.75, 3.05) is 24.7 Å². The average molecular weight is 509 g/mol. The first-order valence-electron chi connectivity index (χ1n) is 11.2. The molecule has 1 unspecified atom stereocenters. The minimum absolute atomic E-state index is 0.0462. The van der Waals surface area contributed by atoms with Crippen molar-refractivity contribution in [1.82, 2.24) is 4.31 Å². The number of hydrogen-bond donors (Lipinski definition) is 1. The van der Waals surface area contributed by atoms with Crippen LogP contribution in [0.15, 0.2) is 64.3 Å². The highest BCUT2D eigenvalue weighted by Crippen LogP contribution is 2.42. The average Bonchev–Trinajstić information content (AvgIpc) is 2.96. The van der Waals surface area contributed by atoms with Crippen LogP contribution in [-0.4, -0.2) is 45.5 Å². The number of thioether (sulfide) groups is 1. The van der Waals surface area contributed by atoms with Crippen LogP contribution in [0, 0.1) is 0 Å². The van der Waals surface area contributed by atoms with Crippen LogP contribution in [0.25, 0.3) is 0 Å². The van der Waals surface area contributed by atoms with Gasteiger partial charge in [-0.25, -0.2) is 13.3 Å². The zero-order valence-electron chi connectivity index (χ0n) is 20.3. The van der Waals surface area contributed by atoms with Crippen LogP contribution in [0.1, 0.15) is 40.0 Å². The number of unbranched alkanes of at least 4 members (excludes halogenated alkanes) is 1. The van der Waals surface area contributed by atoms with Crippen LogP contribution in [0.5, 0.6) is 5.75 Å². The van der Waals surface area contributed by atoms with Crippen LogP contribution in [0.3, 0.4) is 0 Å². The third-order valence-electron chi connectivity index (χ3n) is 5.43. The van der Waals surface area contributed by atoms with Gasteiger partial charge in [-0.1, -0.05) is 51.8 Å². The number of rotatable bonds is 7. The lowest BCUT2D eigenvalue weighted by Crippen LogP contribution is -2.38.